The van der Waals surface area contributed by atoms with Crippen molar-refractivity contribution in [2.24, 2.45) is 0 Å². The highest BCUT2D eigenvalue weighted by atomic mass is 32.2. The molecular formula is C15H20N2OS. The van der Waals surface area contributed by atoms with Gasteiger partial charge in [-0.05, 0) is 38.0 Å². The van der Waals surface area contributed by atoms with Gasteiger partial charge < -0.3 is 9.80 Å². The predicted molar refractivity (Wildman–Crippen MR) is 80.2 cm³/mol. The van der Waals surface area contributed by atoms with E-state index in [9.17, 15) is 4.79 Å². The number of benzene rings is 1. The van der Waals surface area contributed by atoms with Crippen LogP contribution in [0.3, 0.4) is 0 Å². The Hall–Kier alpha value is -1.16. The van der Waals surface area contributed by atoms with Crippen LogP contribution in [0.2, 0.25) is 0 Å². The molecule has 1 aromatic carbocycles. The van der Waals surface area contributed by atoms with Gasteiger partial charge in [-0.15, -0.1) is 11.8 Å². The van der Waals surface area contributed by atoms with Crippen LogP contribution in [-0.4, -0.2) is 42.7 Å². The molecule has 0 bridgehead atoms. The molecule has 2 aliphatic rings. The van der Waals surface area contributed by atoms with Crippen molar-refractivity contribution in [3.05, 3.63) is 23.8 Å². The van der Waals surface area contributed by atoms with Crippen LogP contribution < -0.4 is 4.90 Å². The lowest BCUT2D eigenvalue weighted by Gasteiger charge is -2.30. The standard InChI is InChI=1S/C15H20N2OS/c1-2-16-9-10-19-14-6-5-12(11-13(14)16)15(18)17-7-3-4-8-17/h5-6,11H,2-4,7-10H2,1H3. The lowest BCUT2D eigenvalue weighted by atomic mass is 10.1. The largest absolute Gasteiger partial charge is 0.370 e. The summed E-state index contributed by atoms with van der Waals surface area (Å²) in [6.07, 6.45) is 2.29. The molecule has 0 saturated carbocycles. The predicted octanol–water partition coefficient (Wildman–Crippen LogP) is 2.85. The molecule has 1 saturated heterocycles. The molecular weight excluding hydrogens is 256 g/mol. The van der Waals surface area contributed by atoms with Crippen LogP contribution in [0, 0.1) is 0 Å². The van der Waals surface area contributed by atoms with Crippen molar-refractivity contribution < 1.29 is 4.79 Å². The highest BCUT2D eigenvalue weighted by molar-refractivity contribution is 7.99. The fourth-order valence-electron chi connectivity index (χ4n) is 2.84. The van der Waals surface area contributed by atoms with Gasteiger partial charge in [-0.1, -0.05) is 0 Å². The molecule has 0 N–H and O–H groups in total. The first-order valence-electron chi connectivity index (χ1n) is 7.10. The fraction of sp³-hybridized carbons (Fsp3) is 0.533. The van der Waals surface area contributed by atoms with E-state index in [-0.39, 0.29) is 5.91 Å². The monoisotopic (exact) mass is 276 g/mol. The van der Waals surface area contributed by atoms with E-state index in [2.05, 4.69) is 24.0 Å². The summed E-state index contributed by atoms with van der Waals surface area (Å²) in [5.41, 5.74) is 2.09. The number of likely N-dealkylation sites (tertiary alicyclic amines) is 1. The molecule has 19 heavy (non-hydrogen) atoms. The van der Waals surface area contributed by atoms with Crippen molar-refractivity contribution in [3.63, 3.8) is 0 Å². The number of carbonyl (C=O) groups is 1. The Morgan fingerprint density at radius 1 is 1.26 bits per heavy atom. The number of thioether (sulfide) groups is 1. The Kier molecular flexibility index (Phi) is 3.69. The van der Waals surface area contributed by atoms with Gasteiger partial charge in [-0.2, -0.15) is 0 Å². The minimum absolute atomic E-state index is 0.201. The van der Waals surface area contributed by atoms with Gasteiger partial charge in [0.1, 0.15) is 0 Å². The number of fused-ring (bicyclic) bond motifs is 1. The van der Waals surface area contributed by atoms with Gasteiger partial charge in [-0.25, -0.2) is 0 Å². The second kappa shape index (κ2) is 5.45. The molecule has 3 rings (SSSR count). The summed E-state index contributed by atoms with van der Waals surface area (Å²) < 4.78 is 0. The summed E-state index contributed by atoms with van der Waals surface area (Å²) in [6.45, 7) is 6.10. The maximum atomic E-state index is 12.4. The zero-order valence-corrected chi connectivity index (χ0v) is 12.2. The summed E-state index contributed by atoms with van der Waals surface area (Å²) in [5, 5.41) is 0. The zero-order chi connectivity index (χ0) is 13.2. The zero-order valence-electron chi connectivity index (χ0n) is 11.4. The first kappa shape index (κ1) is 12.9. The molecule has 2 heterocycles. The molecule has 1 aromatic rings. The first-order chi connectivity index (χ1) is 9.29. The third-order valence-electron chi connectivity index (χ3n) is 3.94. The van der Waals surface area contributed by atoms with Gasteiger partial charge in [-0.3, -0.25) is 4.79 Å². The fourth-order valence-corrected chi connectivity index (χ4v) is 3.87. The molecule has 2 aliphatic heterocycles. The van der Waals surface area contributed by atoms with Crippen LogP contribution >= 0.6 is 11.8 Å². The van der Waals surface area contributed by atoms with Gasteiger partial charge in [0.05, 0.1) is 5.69 Å². The molecule has 102 valence electrons. The van der Waals surface area contributed by atoms with E-state index in [1.165, 1.54) is 10.6 Å². The maximum absolute atomic E-state index is 12.4. The average molecular weight is 276 g/mol. The highest BCUT2D eigenvalue weighted by Gasteiger charge is 2.22. The number of hydrogen-bond acceptors (Lipinski definition) is 3. The lowest BCUT2D eigenvalue weighted by molar-refractivity contribution is 0.0793. The Labute approximate surface area is 119 Å². The van der Waals surface area contributed by atoms with E-state index < -0.39 is 0 Å². The van der Waals surface area contributed by atoms with Gasteiger partial charge in [0.25, 0.3) is 5.91 Å². The first-order valence-corrected chi connectivity index (χ1v) is 8.09. The molecule has 0 unspecified atom stereocenters. The maximum Gasteiger partial charge on any atom is 0.253 e. The van der Waals surface area contributed by atoms with Gasteiger partial charge in [0.15, 0.2) is 0 Å². The normalized spacial score (nSPS) is 18.6. The van der Waals surface area contributed by atoms with E-state index >= 15 is 0 Å². The molecule has 3 nitrogen and oxygen atoms in total. The topological polar surface area (TPSA) is 23.6 Å². The summed E-state index contributed by atoms with van der Waals surface area (Å²) in [7, 11) is 0. The van der Waals surface area contributed by atoms with Gasteiger partial charge in [0.2, 0.25) is 0 Å². The van der Waals surface area contributed by atoms with Gasteiger partial charge >= 0.3 is 0 Å². The average Bonchev–Trinajstić information content (AvgIpc) is 2.99. The second-order valence-electron chi connectivity index (χ2n) is 5.11. The molecule has 1 amide bonds. The minimum atomic E-state index is 0.201. The third kappa shape index (κ3) is 2.46. The Morgan fingerprint density at radius 3 is 2.79 bits per heavy atom. The summed E-state index contributed by atoms with van der Waals surface area (Å²) in [4.78, 5) is 18.1. The minimum Gasteiger partial charge on any atom is -0.370 e. The smallest absolute Gasteiger partial charge is 0.253 e. The number of carbonyl (C=O) groups excluding carboxylic acids is 1. The lowest BCUT2D eigenvalue weighted by Crippen LogP contribution is -2.30. The number of nitrogens with zero attached hydrogens (tertiary/aromatic N) is 2. The molecule has 0 radical (unpaired) electrons. The van der Waals surface area contributed by atoms with Crippen LogP contribution in [0.1, 0.15) is 30.1 Å². The number of rotatable bonds is 2. The molecule has 0 aromatic heterocycles. The van der Waals surface area contributed by atoms with Gasteiger partial charge in [0, 0.05) is 42.4 Å². The van der Waals surface area contributed by atoms with E-state index in [1.807, 2.05) is 22.7 Å². The van der Waals surface area contributed by atoms with Crippen molar-refractivity contribution in [1.29, 1.82) is 0 Å². The molecule has 4 heteroatoms. The van der Waals surface area contributed by atoms with Crippen LogP contribution in [0.25, 0.3) is 0 Å². The number of anilines is 1. The summed E-state index contributed by atoms with van der Waals surface area (Å²) in [5.74, 6) is 1.34. The summed E-state index contributed by atoms with van der Waals surface area (Å²) >= 11 is 1.89. The highest BCUT2D eigenvalue weighted by Crippen LogP contribution is 2.35. The molecule has 0 spiro atoms. The quantitative estimate of drug-likeness (QED) is 0.830. The third-order valence-corrected chi connectivity index (χ3v) is 4.98. The van der Waals surface area contributed by atoms with Crippen molar-refractivity contribution in [2.45, 2.75) is 24.7 Å². The Balaban J connectivity index is 1.89. The molecule has 0 aliphatic carbocycles. The SMILES string of the molecule is CCN1CCSc2ccc(C(=O)N3CCCC3)cc21. The van der Waals surface area contributed by atoms with E-state index in [1.54, 1.807) is 0 Å². The number of amides is 1. The number of hydrogen-bond donors (Lipinski definition) is 0. The van der Waals surface area contributed by atoms with E-state index in [4.69, 9.17) is 0 Å². The van der Waals surface area contributed by atoms with Crippen LogP contribution in [0.4, 0.5) is 5.69 Å². The Morgan fingerprint density at radius 2 is 2.05 bits per heavy atom. The van der Waals surface area contributed by atoms with Crippen LogP contribution in [0.15, 0.2) is 23.1 Å². The van der Waals surface area contributed by atoms with Crippen molar-refractivity contribution >= 4 is 23.4 Å². The molecule has 1 fully saturated rings. The van der Waals surface area contributed by atoms with Crippen molar-refractivity contribution in [3.8, 4) is 0 Å². The van der Waals surface area contributed by atoms with E-state index in [0.717, 1.165) is 50.3 Å². The second-order valence-corrected chi connectivity index (χ2v) is 6.25. The van der Waals surface area contributed by atoms with Crippen LogP contribution in [0.5, 0.6) is 0 Å². The van der Waals surface area contributed by atoms with Crippen LogP contribution in [-0.2, 0) is 0 Å². The van der Waals surface area contributed by atoms with Crippen molar-refractivity contribution in [1.82, 2.24) is 4.90 Å². The molecule has 0 atom stereocenters. The van der Waals surface area contributed by atoms with Crippen molar-refractivity contribution in [2.75, 3.05) is 36.8 Å². The summed E-state index contributed by atoms with van der Waals surface area (Å²) in [6, 6.07) is 6.20. The van der Waals surface area contributed by atoms with E-state index in [0.29, 0.717) is 0 Å². The Bertz CT molecular complexity index is 483.